The Morgan fingerprint density at radius 3 is 2.81 bits per heavy atom. The molecule has 0 aromatic carbocycles. The van der Waals surface area contributed by atoms with Crippen molar-refractivity contribution < 1.29 is 12.8 Å². The number of hydrogen-bond acceptors (Lipinski definition) is 5. The Bertz CT molecular complexity index is 441. The molecule has 6 heteroatoms. The average Bonchev–Trinajstić information content (AvgIpc) is 2.73. The van der Waals surface area contributed by atoms with Gasteiger partial charge in [0.1, 0.15) is 5.76 Å². The van der Waals surface area contributed by atoms with Crippen molar-refractivity contribution in [2.24, 2.45) is 5.73 Å². The highest BCUT2D eigenvalue weighted by atomic mass is 32.2. The van der Waals surface area contributed by atoms with E-state index in [1.165, 1.54) is 0 Å². The van der Waals surface area contributed by atoms with Gasteiger partial charge in [-0.1, -0.05) is 0 Å². The molecular weight excluding hydrogens is 228 g/mol. The number of rotatable bonds is 3. The van der Waals surface area contributed by atoms with E-state index in [2.05, 4.69) is 0 Å². The normalized spacial score (nSPS) is 28.7. The summed E-state index contributed by atoms with van der Waals surface area (Å²) < 4.78 is 28.1. The summed E-state index contributed by atoms with van der Waals surface area (Å²) >= 11 is 0. The summed E-state index contributed by atoms with van der Waals surface area (Å²) in [6.07, 6.45) is 1.61. The molecule has 2 atom stereocenters. The van der Waals surface area contributed by atoms with Crippen LogP contribution in [0.15, 0.2) is 22.8 Å². The number of nitrogens with two attached hydrogens (primary N) is 1. The van der Waals surface area contributed by atoms with Crippen molar-refractivity contribution in [1.82, 2.24) is 4.90 Å². The third-order valence-electron chi connectivity index (χ3n) is 2.92. The average molecular weight is 244 g/mol. The Hall–Kier alpha value is -0.850. The van der Waals surface area contributed by atoms with Crippen LogP contribution in [0.3, 0.4) is 0 Å². The van der Waals surface area contributed by atoms with Crippen LogP contribution in [0.5, 0.6) is 0 Å². The zero-order valence-corrected chi connectivity index (χ0v) is 9.98. The smallest absolute Gasteiger partial charge is 0.153 e. The van der Waals surface area contributed by atoms with Gasteiger partial charge in [0.25, 0.3) is 0 Å². The second-order valence-corrected chi connectivity index (χ2v) is 6.46. The predicted octanol–water partition coefficient (Wildman–Crippen LogP) is -0.164. The Labute approximate surface area is 95.1 Å². The topological polar surface area (TPSA) is 76.5 Å². The van der Waals surface area contributed by atoms with Crippen molar-refractivity contribution in [3.05, 3.63) is 24.2 Å². The molecule has 1 aliphatic rings. The third-order valence-corrected chi connectivity index (χ3v) is 4.66. The minimum atomic E-state index is -2.97. The van der Waals surface area contributed by atoms with Gasteiger partial charge in [-0.05, 0) is 19.2 Å². The summed E-state index contributed by atoms with van der Waals surface area (Å²) in [4.78, 5) is 1.94. The van der Waals surface area contributed by atoms with E-state index in [1.807, 2.05) is 24.1 Å². The molecule has 0 amide bonds. The minimum absolute atomic E-state index is 0.0835. The van der Waals surface area contributed by atoms with E-state index in [0.717, 1.165) is 5.76 Å². The second-order valence-electron chi connectivity index (χ2n) is 4.30. The van der Waals surface area contributed by atoms with Gasteiger partial charge >= 0.3 is 0 Å². The van der Waals surface area contributed by atoms with E-state index in [0.29, 0.717) is 6.54 Å². The summed E-state index contributed by atoms with van der Waals surface area (Å²) in [5, 5.41) is 0. The van der Waals surface area contributed by atoms with Gasteiger partial charge in [0, 0.05) is 12.1 Å². The highest BCUT2D eigenvalue weighted by molar-refractivity contribution is 7.91. The van der Waals surface area contributed by atoms with E-state index in [4.69, 9.17) is 10.2 Å². The highest BCUT2D eigenvalue weighted by Gasteiger charge is 2.37. The summed E-state index contributed by atoms with van der Waals surface area (Å²) in [7, 11) is -1.10. The van der Waals surface area contributed by atoms with Crippen LogP contribution in [-0.2, 0) is 16.4 Å². The molecule has 2 heterocycles. The molecule has 1 aromatic rings. The first-order valence-corrected chi connectivity index (χ1v) is 6.99. The van der Waals surface area contributed by atoms with Gasteiger partial charge in [-0.15, -0.1) is 0 Å². The molecule has 0 spiro atoms. The van der Waals surface area contributed by atoms with Crippen molar-refractivity contribution in [2.75, 3.05) is 18.6 Å². The lowest BCUT2D eigenvalue weighted by Crippen LogP contribution is -2.44. The number of nitrogens with zero attached hydrogens (tertiary/aromatic N) is 1. The second kappa shape index (κ2) is 4.20. The fourth-order valence-electron chi connectivity index (χ4n) is 2.08. The summed E-state index contributed by atoms with van der Waals surface area (Å²) in [5.74, 6) is 1.05. The molecule has 2 N–H and O–H groups in total. The molecule has 2 rings (SSSR count). The van der Waals surface area contributed by atoms with E-state index < -0.39 is 9.84 Å². The van der Waals surface area contributed by atoms with Crippen molar-refractivity contribution in [1.29, 1.82) is 0 Å². The summed E-state index contributed by atoms with van der Waals surface area (Å²) in [5.41, 5.74) is 5.83. The van der Waals surface area contributed by atoms with Crippen LogP contribution in [0.2, 0.25) is 0 Å². The van der Waals surface area contributed by atoms with Crippen LogP contribution in [-0.4, -0.2) is 44.0 Å². The standard InChI is InChI=1S/C10H16N2O3S/c1-12(5-8-3-2-4-15-8)10-7-16(13,14)6-9(10)11/h2-4,9-10H,5-7,11H2,1H3. The zero-order valence-electron chi connectivity index (χ0n) is 9.17. The van der Waals surface area contributed by atoms with Crippen molar-refractivity contribution >= 4 is 9.84 Å². The number of hydrogen-bond donors (Lipinski definition) is 1. The fraction of sp³-hybridized carbons (Fsp3) is 0.600. The maximum absolute atomic E-state index is 11.4. The molecule has 0 aliphatic carbocycles. The largest absolute Gasteiger partial charge is 0.468 e. The van der Waals surface area contributed by atoms with Gasteiger partial charge in [-0.3, -0.25) is 4.90 Å². The maximum atomic E-state index is 11.4. The number of furan rings is 1. The van der Waals surface area contributed by atoms with Crippen LogP contribution < -0.4 is 5.73 Å². The van der Waals surface area contributed by atoms with Crippen LogP contribution >= 0.6 is 0 Å². The first kappa shape index (κ1) is 11.6. The van der Waals surface area contributed by atoms with E-state index in [9.17, 15) is 8.42 Å². The molecule has 90 valence electrons. The number of likely N-dealkylation sites (N-methyl/N-ethyl adjacent to an activating group) is 1. The quantitative estimate of drug-likeness (QED) is 0.799. The molecule has 1 aliphatic heterocycles. The SMILES string of the molecule is CN(Cc1ccco1)C1CS(=O)(=O)CC1N. The number of sulfone groups is 1. The van der Waals surface area contributed by atoms with Gasteiger partial charge < -0.3 is 10.2 Å². The monoisotopic (exact) mass is 244 g/mol. The Kier molecular flexibility index (Phi) is 3.05. The molecule has 0 saturated carbocycles. The van der Waals surface area contributed by atoms with E-state index in [1.54, 1.807) is 6.26 Å². The van der Waals surface area contributed by atoms with Crippen LogP contribution in [0.25, 0.3) is 0 Å². The molecule has 2 unspecified atom stereocenters. The Morgan fingerprint density at radius 2 is 2.31 bits per heavy atom. The van der Waals surface area contributed by atoms with Crippen LogP contribution in [0.4, 0.5) is 0 Å². The maximum Gasteiger partial charge on any atom is 0.153 e. The van der Waals surface area contributed by atoms with Crippen LogP contribution in [0, 0.1) is 0 Å². The minimum Gasteiger partial charge on any atom is -0.468 e. The summed E-state index contributed by atoms with van der Waals surface area (Å²) in [6.45, 7) is 0.584. The molecule has 1 saturated heterocycles. The van der Waals surface area contributed by atoms with E-state index in [-0.39, 0.29) is 23.6 Å². The van der Waals surface area contributed by atoms with Gasteiger partial charge in [0.2, 0.25) is 0 Å². The lowest BCUT2D eigenvalue weighted by atomic mass is 10.1. The first-order valence-electron chi connectivity index (χ1n) is 5.16. The van der Waals surface area contributed by atoms with Crippen molar-refractivity contribution in [2.45, 2.75) is 18.6 Å². The Morgan fingerprint density at radius 1 is 1.56 bits per heavy atom. The lowest BCUT2D eigenvalue weighted by molar-refractivity contribution is 0.219. The Balaban J connectivity index is 2.03. The molecule has 5 nitrogen and oxygen atoms in total. The first-order chi connectivity index (χ1) is 7.48. The van der Waals surface area contributed by atoms with Crippen LogP contribution in [0.1, 0.15) is 5.76 Å². The molecule has 0 radical (unpaired) electrons. The lowest BCUT2D eigenvalue weighted by Gasteiger charge is -2.25. The summed E-state index contributed by atoms with van der Waals surface area (Å²) in [6, 6.07) is 3.26. The predicted molar refractivity (Wildman–Crippen MR) is 60.6 cm³/mol. The van der Waals surface area contributed by atoms with E-state index >= 15 is 0 Å². The molecule has 0 bridgehead atoms. The van der Waals surface area contributed by atoms with Gasteiger partial charge in [-0.25, -0.2) is 8.42 Å². The third kappa shape index (κ3) is 2.45. The molecule has 16 heavy (non-hydrogen) atoms. The molecular formula is C10H16N2O3S. The molecule has 1 aromatic heterocycles. The van der Waals surface area contributed by atoms with Gasteiger partial charge in [0.15, 0.2) is 9.84 Å². The molecule has 1 fully saturated rings. The fourth-order valence-corrected chi connectivity index (χ4v) is 4.04. The van der Waals surface area contributed by atoms with Gasteiger partial charge in [0.05, 0.1) is 24.3 Å². The zero-order chi connectivity index (χ0) is 11.8. The highest BCUT2D eigenvalue weighted by Crippen LogP contribution is 2.17. The van der Waals surface area contributed by atoms with Gasteiger partial charge in [-0.2, -0.15) is 0 Å². The van der Waals surface area contributed by atoms with Crippen molar-refractivity contribution in [3.8, 4) is 0 Å². The van der Waals surface area contributed by atoms with Crippen molar-refractivity contribution in [3.63, 3.8) is 0 Å².